The summed E-state index contributed by atoms with van der Waals surface area (Å²) in [7, 11) is 0. The predicted octanol–water partition coefficient (Wildman–Crippen LogP) is 4.69. The summed E-state index contributed by atoms with van der Waals surface area (Å²) in [4.78, 5) is 35.0. The topological polar surface area (TPSA) is 66.1 Å². The number of para-hydroxylation sites is 1. The van der Waals surface area contributed by atoms with Gasteiger partial charge in [-0.05, 0) is 42.7 Å². The summed E-state index contributed by atoms with van der Waals surface area (Å²) >= 11 is 6.00. The average molecular weight is 410 g/mol. The second-order valence-electron chi connectivity index (χ2n) is 7.69. The first-order valence-electron chi connectivity index (χ1n) is 10.1. The minimum absolute atomic E-state index is 0.0447. The Hall–Kier alpha value is -2.66. The molecule has 1 N–H and O–H groups in total. The number of nitrogens with one attached hydrogen (secondary N) is 1. The summed E-state index contributed by atoms with van der Waals surface area (Å²) in [5.74, 6) is 0.686. The lowest BCUT2D eigenvalue weighted by atomic mass is 9.88. The van der Waals surface area contributed by atoms with E-state index in [9.17, 15) is 9.59 Å². The molecule has 1 aliphatic rings. The molecule has 3 aromatic rings. The molecule has 0 bridgehead atoms. The van der Waals surface area contributed by atoms with Crippen molar-refractivity contribution in [3.8, 4) is 0 Å². The summed E-state index contributed by atoms with van der Waals surface area (Å²) in [5.41, 5.74) is 1.46. The quantitative estimate of drug-likeness (QED) is 0.665. The van der Waals surface area contributed by atoms with Crippen LogP contribution in [0.1, 0.15) is 43.5 Å². The van der Waals surface area contributed by atoms with Crippen molar-refractivity contribution >= 4 is 28.4 Å². The van der Waals surface area contributed by atoms with Gasteiger partial charge in [-0.15, -0.1) is 0 Å². The Labute approximate surface area is 174 Å². The Morgan fingerprint density at radius 3 is 2.52 bits per heavy atom. The van der Waals surface area contributed by atoms with Crippen molar-refractivity contribution < 1.29 is 4.79 Å². The average Bonchev–Trinajstić information content (AvgIpc) is 2.75. The number of rotatable bonds is 5. The maximum atomic E-state index is 13.3. The van der Waals surface area contributed by atoms with Gasteiger partial charge < -0.3 is 9.88 Å². The zero-order valence-electron chi connectivity index (χ0n) is 16.2. The highest BCUT2D eigenvalue weighted by molar-refractivity contribution is 6.30. The number of hydrogen-bond donors (Lipinski definition) is 1. The van der Waals surface area contributed by atoms with Crippen LogP contribution in [0.15, 0.2) is 53.3 Å². The lowest BCUT2D eigenvalue weighted by molar-refractivity contribution is -0.138. The predicted molar refractivity (Wildman–Crippen MR) is 115 cm³/mol. The van der Waals surface area contributed by atoms with Crippen LogP contribution in [0.2, 0.25) is 5.02 Å². The van der Waals surface area contributed by atoms with Gasteiger partial charge in [-0.1, -0.05) is 55.1 Å². The number of benzene rings is 2. The van der Waals surface area contributed by atoms with Crippen molar-refractivity contribution in [2.45, 2.75) is 45.2 Å². The number of H-pyrrole nitrogens is 1. The number of amides is 1. The van der Waals surface area contributed by atoms with Gasteiger partial charge in [0.1, 0.15) is 5.82 Å². The zero-order chi connectivity index (χ0) is 20.2. The molecule has 1 fully saturated rings. The number of carbonyl (C=O) groups is 1. The van der Waals surface area contributed by atoms with Crippen LogP contribution in [0.25, 0.3) is 10.9 Å². The van der Waals surface area contributed by atoms with E-state index in [-0.39, 0.29) is 23.9 Å². The maximum absolute atomic E-state index is 13.3. The fraction of sp³-hybridized carbons (Fsp3) is 0.348. The van der Waals surface area contributed by atoms with Crippen LogP contribution in [0, 0.1) is 5.92 Å². The molecule has 1 heterocycles. The van der Waals surface area contributed by atoms with Gasteiger partial charge in [0.2, 0.25) is 5.91 Å². The Balaban J connectivity index is 1.63. The molecule has 0 aliphatic heterocycles. The van der Waals surface area contributed by atoms with Gasteiger partial charge in [-0.3, -0.25) is 9.59 Å². The third-order valence-electron chi connectivity index (χ3n) is 5.56. The third-order valence-corrected chi connectivity index (χ3v) is 5.81. The lowest BCUT2D eigenvalue weighted by Gasteiger charge is -2.29. The van der Waals surface area contributed by atoms with Crippen LogP contribution < -0.4 is 5.56 Å². The van der Waals surface area contributed by atoms with Crippen molar-refractivity contribution in [1.29, 1.82) is 0 Å². The summed E-state index contributed by atoms with van der Waals surface area (Å²) in [6.07, 6.45) is 5.24. The van der Waals surface area contributed by atoms with E-state index in [1.165, 1.54) is 6.42 Å². The standard InChI is InChI=1S/C23H24ClN3O2/c24-18-12-10-16(11-13-18)14-27(23(29)17-6-2-1-3-7-17)15-21-25-20-9-5-4-8-19(20)22(28)26-21/h4-5,8-13,17H,1-3,6-7,14-15H2,(H,25,26,28). The molecule has 29 heavy (non-hydrogen) atoms. The Kier molecular flexibility index (Phi) is 5.95. The van der Waals surface area contributed by atoms with Gasteiger partial charge in [0.05, 0.1) is 17.4 Å². The molecule has 1 saturated carbocycles. The van der Waals surface area contributed by atoms with Crippen LogP contribution in [-0.4, -0.2) is 20.8 Å². The molecule has 1 aromatic heterocycles. The van der Waals surface area contributed by atoms with Gasteiger partial charge in [0.15, 0.2) is 0 Å². The van der Waals surface area contributed by atoms with Crippen molar-refractivity contribution in [3.05, 3.63) is 75.3 Å². The SMILES string of the molecule is O=C(C1CCCCC1)N(Cc1ccc(Cl)cc1)Cc1nc2ccccc2c(=O)[nH]1. The number of halogens is 1. The minimum atomic E-state index is -0.179. The number of aromatic nitrogens is 2. The summed E-state index contributed by atoms with van der Waals surface area (Å²) in [6.45, 7) is 0.737. The normalized spacial score (nSPS) is 14.8. The largest absolute Gasteiger partial charge is 0.331 e. The first-order chi connectivity index (χ1) is 14.1. The fourth-order valence-corrected chi connectivity index (χ4v) is 4.15. The van der Waals surface area contributed by atoms with Crippen molar-refractivity contribution in [1.82, 2.24) is 14.9 Å². The Morgan fingerprint density at radius 1 is 1.03 bits per heavy atom. The highest BCUT2D eigenvalue weighted by Crippen LogP contribution is 2.27. The third kappa shape index (κ3) is 4.67. The molecule has 6 heteroatoms. The number of hydrogen-bond acceptors (Lipinski definition) is 3. The van der Waals surface area contributed by atoms with Crippen LogP contribution in [-0.2, 0) is 17.9 Å². The van der Waals surface area contributed by atoms with E-state index in [2.05, 4.69) is 9.97 Å². The molecule has 0 saturated heterocycles. The summed E-state index contributed by atoms with van der Waals surface area (Å²) in [5, 5.41) is 1.22. The Bertz CT molecular complexity index is 1060. The molecule has 0 spiro atoms. The molecule has 0 atom stereocenters. The second-order valence-corrected chi connectivity index (χ2v) is 8.12. The van der Waals surface area contributed by atoms with E-state index in [1.54, 1.807) is 6.07 Å². The number of fused-ring (bicyclic) bond motifs is 1. The van der Waals surface area contributed by atoms with E-state index in [4.69, 9.17) is 11.6 Å². The van der Waals surface area contributed by atoms with E-state index in [1.807, 2.05) is 47.4 Å². The molecule has 1 aliphatic carbocycles. The van der Waals surface area contributed by atoms with Gasteiger partial charge in [0, 0.05) is 17.5 Å². The molecule has 4 rings (SSSR count). The molecule has 1 amide bonds. The first kappa shape index (κ1) is 19.6. The van der Waals surface area contributed by atoms with E-state index < -0.39 is 0 Å². The number of aromatic amines is 1. The maximum Gasteiger partial charge on any atom is 0.258 e. The number of carbonyl (C=O) groups excluding carboxylic acids is 1. The molecule has 0 unspecified atom stereocenters. The van der Waals surface area contributed by atoms with E-state index in [0.717, 1.165) is 31.2 Å². The Morgan fingerprint density at radius 2 is 1.76 bits per heavy atom. The van der Waals surface area contributed by atoms with Crippen LogP contribution in [0.4, 0.5) is 0 Å². The van der Waals surface area contributed by atoms with Gasteiger partial charge in [-0.2, -0.15) is 0 Å². The molecule has 5 nitrogen and oxygen atoms in total. The molecular weight excluding hydrogens is 386 g/mol. The van der Waals surface area contributed by atoms with Crippen molar-refractivity contribution in [2.75, 3.05) is 0 Å². The molecule has 2 aromatic carbocycles. The minimum Gasteiger partial charge on any atom is -0.331 e. The van der Waals surface area contributed by atoms with E-state index >= 15 is 0 Å². The first-order valence-corrected chi connectivity index (χ1v) is 10.5. The van der Waals surface area contributed by atoms with Gasteiger partial charge in [-0.25, -0.2) is 4.98 Å². The van der Waals surface area contributed by atoms with Crippen LogP contribution >= 0.6 is 11.6 Å². The molecule has 150 valence electrons. The highest BCUT2D eigenvalue weighted by Gasteiger charge is 2.26. The second kappa shape index (κ2) is 8.78. The smallest absolute Gasteiger partial charge is 0.258 e. The lowest BCUT2D eigenvalue weighted by Crippen LogP contribution is -2.37. The molecular formula is C23H24ClN3O2. The van der Waals surface area contributed by atoms with Gasteiger partial charge in [0.25, 0.3) is 5.56 Å². The van der Waals surface area contributed by atoms with E-state index in [0.29, 0.717) is 28.3 Å². The summed E-state index contributed by atoms with van der Waals surface area (Å²) in [6, 6.07) is 14.8. The van der Waals surface area contributed by atoms with Gasteiger partial charge >= 0.3 is 0 Å². The zero-order valence-corrected chi connectivity index (χ0v) is 17.0. The van der Waals surface area contributed by atoms with Crippen molar-refractivity contribution in [3.63, 3.8) is 0 Å². The highest BCUT2D eigenvalue weighted by atomic mass is 35.5. The fourth-order valence-electron chi connectivity index (χ4n) is 4.02. The monoisotopic (exact) mass is 409 g/mol. The van der Waals surface area contributed by atoms with Crippen LogP contribution in [0.3, 0.4) is 0 Å². The van der Waals surface area contributed by atoms with Crippen molar-refractivity contribution in [2.24, 2.45) is 5.92 Å². The van der Waals surface area contributed by atoms with Crippen LogP contribution in [0.5, 0.6) is 0 Å². The molecule has 0 radical (unpaired) electrons. The summed E-state index contributed by atoms with van der Waals surface area (Å²) < 4.78 is 0. The number of nitrogens with zero attached hydrogens (tertiary/aromatic N) is 2.